The van der Waals surface area contributed by atoms with Crippen LogP contribution in [0.15, 0.2) is 0 Å². The van der Waals surface area contributed by atoms with E-state index in [0.29, 0.717) is 13.0 Å². The number of halogens is 3. The zero-order valence-corrected chi connectivity index (χ0v) is 17.2. The lowest BCUT2D eigenvalue weighted by Crippen LogP contribution is -2.51. The number of rotatable bonds is 6. The van der Waals surface area contributed by atoms with Crippen LogP contribution in [0.4, 0.5) is 4.39 Å². The van der Waals surface area contributed by atoms with E-state index in [-0.39, 0.29) is 49.2 Å². The standard InChI is InChI=1S/C18H31FN2O3.2ClH/c1-2-23-17(22)14-7-9-15(10-8-14)24-18(20-11-3-4-12-20)21-13-5-6-16(21)19;;/h14-16,18H,2-13H2,1H3;2*1H/t14?,15?,16-,18?;;/m1../s1. The molecular formula is C18H33Cl2FN2O3. The minimum absolute atomic E-state index is 0. The fraction of sp³-hybridized carbons (Fsp3) is 0.944. The van der Waals surface area contributed by atoms with E-state index in [1.54, 1.807) is 0 Å². The molecule has 3 aliphatic rings. The van der Waals surface area contributed by atoms with Crippen molar-refractivity contribution in [3.05, 3.63) is 0 Å². The largest absolute Gasteiger partial charge is 0.466 e. The van der Waals surface area contributed by atoms with Gasteiger partial charge in [0.05, 0.1) is 18.6 Å². The molecule has 0 aromatic carbocycles. The molecule has 2 saturated heterocycles. The SMILES string of the molecule is CCOC(=O)C1CCC(OC(N2CCCC2)N2CCC[C@@H]2F)CC1.Cl.Cl. The van der Waals surface area contributed by atoms with Crippen molar-refractivity contribution >= 4 is 30.8 Å². The van der Waals surface area contributed by atoms with Crippen LogP contribution in [0.3, 0.4) is 0 Å². The lowest BCUT2D eigenvalue weighted by molar-refractivity contribution is -0.199. The Labute approximate surface area is 168 Å². The number of carbonyl (C=O) groups is 1. The molecule has 0 N–H and O–H groups in total. The monoisotopic (exact) mass is 414 g/mol. The van der Waals surface area contributed by atoms with Crippen LogP contribution in [-0.4, -0.2) is 60.8 Å². The van der Waals surface area contributed by atoms with Crippen molar-refractivity contribution in [2.24, 2.45) is 5.92 Å². The summed E-state index contributed by atoms with van der Waals surface area (Å²) in [5.41, 5.74) is 0. The summed E-state index contributed by atoms with van der Waals surface area (Å²) in [5, 5.41) is 0. The van der Waals surface area contributed by atoms with E-state index in [1.807, 2.05) is 11.8 Å². The van der Waals surface area contributed by atoms with E-state index in [9.17, 15) is 9.18 Å². The van der Waals surface area contributed by atoms with Crippen LogP contribution >= 0.6 is 24.8 Å². The van der Waals surface area contributed by atoms with Gasteiger partial charge in [0.2, 0.25) is 0 Å². The summed E-state index contributed by atoms with van der Waals surface area (Å²) in [7, 11) is 0. The average Bonchev–Trinajstić information content (AvgIpc) is 3.25. The molecule has 1 aliphatic carbocycles. The Kier molecular flexibility index (Phi) is 10.7. The minimum Gasteiger partial charge on any atom is -0.466 e. The molecule has 2 aliphatic heterocycles. The van der Waals surface area contributed by atoms with Crippen LogP contribution in [-0.2, 0) is 14.3 Å². The number of nitrogens with zero attached hydrogens (tertiary/aromatic N) is 2. The second-order valence-corrected chi connectivity index (χ2v) is 7.25. The summed E-state index contributed by atoms with van der Waals surface area (Å²) in [6.07, 6.45) is 6.21. The quantitative estimate of drug-likeness (QED) is 0.489. The Bertz CT molecular complexity index is 419. The number of hydrogen-bond acceptors (Lipinski definition) is 5. The van der Waals surface area contributed by atoms with E-state index in [0.717, 1.165) is 51.7 Å². The van der Waals surface area contributed by atoms with E-state index < -0.39 is 6.30 Å². The van der Waals surface area contributed by atoms with Crippen LogP contribution in [0.5, 0.6) is 0 Å². The van der Waals surface area contributed by atoms with Crippen LogP contribution in [0.1, 0.15) is 58.3 Å². The van der Waals surface area contributed by atoms with Crippen molar-refractivity contribution in [2.75, 3.05) is 26.2 Å². The lowest BCUT2D eigenvalue weighted by Gasteiger charge is -2.39. The van der Waals surface area contributed by atoms with E-state index in [1.165, 1.54) is 12.8 Å². The maximum atomic E-state index is 14.3. The molecule has 0 bridgehead atoms. The third-order valence-corrected chi connectivity index (χ3v) is 5.56. The molecule has 0 amide bonds. The number of ether oxygens (including phenoxy) is 2. The van der Waals surface area contributed by atoms with E-state index in [4.69, 9.17) is 9.47 Å². The first kappa shape index (κ1) is 23.9. The predicted octanol–water partition coefficient (Wildman–Crippen LogP) is 3.74. The molecule has 0 aromatic heterocycles. The van der Waals surface area contributed by atoms with Gasteiger partial charge < -0.3 is 9.47 Å². The highest BCUT2D eigenvalue weighted by Gasteiger charge is 2.38. The molecule has 0 aromatic rings. The van der Waals surface area contributed by atoms with Crippen molar-refractivity contribution < 1.29 is 18.7 Å². The summed E-state index contributed by atoms with van der Waals surface area (Å²) >= 11 is 0. The number of carbonyl (C=O) groups excluding carboxylic acids is 1. The molecule has 8 heteroatoms. The van der Waals surface area contributed by atoms with Gasteiger partial charge in [0, 0.05) is 19.6 Å². The molecule has 2 atom stereocenters. The van der Waals surface area contributed by atoms with Crippen LogP contribution in [0.25, 0.3) is 0 Å². The summed E-state index contributed by atoms with van der Waals surface area (Å²) in [5.74, 6) is -0.0637. The summed E-state index contributed by atoms with van der Waals surface area (Å²) in [4.78, 5) is 16.0. The minimum atomic E-state index is -0.883. The molecule has 3 rings (SSSR count). The molecule has 2 heterocycles. The Morgan fingerprint density at radius 2 is 1.69 bits per heavy atom. The second-order valence-electron chi connectivity index (χ2n) is 7.25. The Hall–Kier alpha value is -0.140. The first-order valence-corrected chi connectivity index (χ1v) is 9.65. The van der Waals surface area contributed by atoms with E-state index in [2.05, 4.69) is 4.90 Å². The topological polar surface area (TPSA) is 42.0 Å². The number of hydrogen-bond donors (Lipinski definition) is 0. The van der Waals surface area contributed by atoms with Gasteiger partial charge in [0.25, 0.3) is 0 Å². The molecule has 1 unspecified atom stereocenters. The van der Waals surface area contributed by atoms with Gasteiger partial charge in [0.1, 0.15) is 0 Å². The smallest absolute Gasteiger partial charge is 0.308 e. The first-order chi connectivity index (χ1) is 11.7. The van der Waals surface area contributed by atoms with Gasteiger partial charge in [-0.3, -0.25) is 9.69 Å². The van der Waals surface area contributed by atoms with Gasteiger partial charge in [-0.05, 0) is 58.3 Å². The van der Waals surface area contributed by atoms with Gasteiger partial charge in [-0.1, -0.05) is 0 Å². The molecular weight excluding hydrogens is 382 g/mol. The van der Waals surface area contributed by atoms with Crippen molar-refractivity contribution in [3.8, 4) is 0 Å². The van der Waals surface area contributed by atoms with Crippen LogP contribution < -0.4 is 0 Å². The van der Waals surface area contributed by atoms with E-state index >= 15 is 0 Å². The first-order valence-electron chi connectivity index (χ1n) is 9.65. The van der Waals surface area contributed by atoms with Crippen LogP contribution in [0, 0.1) is 5.92 Å². The zero-order valence-electron chi connectivity index (χ0n) is 15.6. The third-order valence-electron chi connectivity index (χ3n) is 5.56. The van der Waals surface area contributed by atoms with Crippen LogP contribution in [0.2, 0.25) is 0 Å². The highest BCUT2D eigenvalue weighted by atomic mass is 35.5. The summed E-state index contributed by atoms with van der Waals surface area (Å²) < 4.78 is 25.8. The third kappa shape index (κ3) is 5.93. The van der Waals surface area contributed by atoms with Crippen molar-refractivity contribution in [1.29, 1.82) is 0 Å². The van der Waals surface area contributed by atoms with Crippen molar-refractivity contribution in [3.63, 3.8) is 0 Å². The maximum absolute atomic E-state index is 14.3. The molecule has 0 spiro atoms. The Morgan fingerprint density at radius 1 is 1.04 bits per heavy atom. The molecule has 26 heavy (non-hydrogen) atoms. The fourth-order valence-corrected chi connectivity index (χ4v) is 4.20. The second kappa shape index (κ2) is 11.6. The van der Waals surface area contributed by atoms with Gasteiger partial charge in [-0.15, -0.1) is 24.8 Å². The molecule has 154 valence electrons. The summed E-state index contributed by atoms with van der Waals surface area (Å²) in [6, 6.07) is 0. The number of esters is 1. The van der Waals surface area contributed by atoms with Gasteiger partial charge in [-0.2, -0.15) is 0 Å². The molecule has 1 saturated carbocycles. The van der Waals surface area contributed by atoms with Gasteiger partial charge in [-0.25, -0.2) is 9.29 Å². The number of alkyl halides is 1. The number of likely N-dealkylation sites (tertiary alicyclic amines) is 2. The highest BCUT2D eigenvalue weighted by Crippen LogP contribution is 2.32. The highest BCUT2D eigenvalue weighted by molar-refractivity contribution is 5.85. The summed E-state index contributed by atoms with van der Waals surface area (Å²) in [6.45, 7) is 5.05. The predicted molar refractivity (Wildman–Crippen MR) is 103 cm³/mol. The maximum Gasteiger partial charge on any atom is 0.308 e. The van der Waals surface area contributed by atoms with Gasteiger partial charge >= 0.3 is 5.97 Å². The molecule has 3 fully saturated rings. The lowest BCUT2D eigenvalue weighted by atomic mass is 9.87. The Morgan fingerprint density at radius 3 is 2.23 bits per heavy atom. The zero-order chi connectivity index (χ0) is 16.9. The van der Waals surface area contributed by atoms with Crippen molar-refractivity contribution in [1.82, 2.24) is 9.80 Å². The molecule has 5 nitrogen and oxygen atoms in total. The van der Waals surface area contributed by atoms with Crippen molar-refractivity contribution in [2.45, 2.75) is 77.0 Å². The van der Waals surface area contributed by atoms with Gasteiger partial charge in [0.15, 0.2) is 12.6 Å². The fourth-order valence-electron chi connectivity index (χ4n) is 4.20. The Balaban J connectivity index is 0.00000169. The average molecular weight is 415 g/mol. The molecule has 0 radical (unpaired) electrons. The normalized spacial score (nSPS) is 31.1.